The van der Waals surface area contributed by atoms with E-state index in [1.54, 1.807) is 43.3 Å². The van der Waals surface area contributed by atoms with E-state index in [2.05, 4.69) is 15.2 Å². The lowest BCUT2D eigenvalue weighted by molar-refractivity contribution is -0.354. The third-order valence-electron chi connectivity index (χ3n) is 6.17. The first-order valence-corrected chi connectivity index (χ1v) is 12.3. The van der Waals surface area contributed by atoms with Crippen molar-refractivity contribution >= 4 is 22.9 Å². The van der Waals surface area contributed by atoms with Crippen LogP contribution in [-0.4, -0.2) is 57.7 Å². The van der Waals surface area contributed by atoms with Crippen molar-refractivity contribution in [3.63, 3.8) is 0 Å². The molecule has 5 N–H and O–H groups in total. The largest absolute Gasteiger partial charge is 0.480 e. The third-order valence-corrected chi connectivity index (χ3v) is 6.17. The number of nitrogens with zero attached hydrogens (tertiary/aromatic N) is 5. The Morgan fingerprint density at radius 1 is 1.02 bits per heavy atom. The SMILES string of the molecule is COc1ccc(-n2c(=O)c(C(CN(C)C)=[NH+]c3ccc(N)cc3)c(N)n(Cc3c(F)cccc3C(F)(F)F)c2=O)nn1. The molecule has 0 atom stereocenters. The normalized spacial score (nSPS) is 12.1. The highest BCUT2D eigenvalue weighted by atomic mass is 19.4. The molecule has 0 radical (unpaired) electrons. The fraction of sp³-hybridized carbons (Fsp3) is 0.222. The molecule has 42 heavy (non-hydrogen) atoms. The fourth-order valence-electron chi connectivity index (χ4n) is 4.23. The maximum atomic E-state index is 14.9. The summed E-state index contributed by atoms with van der Waals surface area (Å²) in [5.74, 6) is -1.88. The van der Waals surface area contributed by atoms with E-state index >= 15 is 0 Å². The summed E-state index contributed by atoms with van der Waals surface area (Å²) >= 11 is 0. The molecule has 0 aliphatic heterocycles. The number of anilines is 2. The highest BCUT2D eigenvalue weighted by Crippen LogP contribution is 2.33. The van der Waals surface area contributed by atoms with Gasteiger partial charge in [-0.25, -0.2) is 18.7 Å². The summed E-state index contributed by atoms with van der Waals surface area (Å²) in [7, 11) is 4.75. The van der Waals surface area contributed by atoms with E-state index < -0.39 is 46.7 Å². The number of alkyl halides is 3. The van der Waals surface area contributed by atoms with Crippen LogP contribution in [0.15, 0.2) is 64.2 Å². The standard InChI is InChI=1S/C27H26F4N8O3/c1-37(2)14-20(34-16-9-7-15(32)8-10-16)23-24(33)38(13-17-18(27(29,30)31)5-4-6-19(17)28)26(41)39(25(23)40)21-11-12-22(42-3)36-35-21/h4-12H,13-14,32-33H2,1-3H3/p+1. The van der Waals surface area contributed by atoms with E-state index in [-0.39, 0.29) is 29.5 Å². The lowest BCUT2D eigenvalue weighted by atomic mass is 10.1. The number of rotatable bonds is 8. The predicted octanol–water partition coefficient (Wildman–Crippen LogP) is 0.931. The highest BCUT2D eigenvalue weighted by molar-refractivity contribution is 6.01. The van der Waals surface area contributed by atoms with Gasteiger partial charge >= 0.3 is 11.9 Å². The molecule has 0 spiro atoms. The van der Waals surface area contributed by atoms with Crippen LogP contribution in [0, 0.1) is 5.82 Å². The third kappa shape index (κ3) is 6.15. The number of hydrogen-bond donors (Lipinski definition) is 3. The van der Waals surface area contributed by atoms with Gasteiger partial charge in [-0.1, -0.05) is 6.07 Å². The molecule has 0 fully saturated rings. The average molecular weight is 588 g/mol. The van der Waals surface area contributed by atoms with Crippen molar-refractivity contribution < 1.29 is 27.3 Å². The van der Waals surface area contributed by atoms with Crippen LogP contribution in [0.4, 0.5) is 34.8 Å². The van der Waals surface area contributed by atoms with Crippen molar-refractivity contribution in [2.24, 2.45) is 0 Å². The van der Waals surface area contributed by atoms with E-state index in [4.69, 9.17) is 16.2 Å². The van der Waals surface area contributed by atoms with Crippen LogP contribution in [0.1, 0.15) is 16.7 Å². The monoisotopic (exact) mass is 587 g/mol. The number of benzene rings is 2. The smallest absolute Gasteiger partial charge is 0.416 e. The van der Waals surface area contributed by atoms with Crippen molar-refractivity contribution in [2.45, 2.75) is 12.7 Å². The number of ether oxygens (including phenoxy) is 1. The summed E-state index contributed by atoms with van der Waals surface area (Å²) in [6.07, 6.45) is -4.94. The van der Waals surface area contributed by atoms with Gasteiger partial charge in [-0.3, -0.25) is 14.3 Å². The minimum absolute atomic E-state index is 0.0732. The lowest BCUT2D eigenvalue weighted by Crippen LogP contribution is -2.70. The van der Waals surface area contributed by atoms with Gasteiger partial charge in [0.15, 0.2) is 5.82 Å². The maximum Gasteiger partial charge on any atom is 0.416 e. The number of halogens is 4. The molecule has 0 bridgehead atoms. The second kappa shape index (κ2) is 11.8. The molecule has 0 aliphatic carbocycles. The summed E-state index contributed by atoms with van der Waals surface area (Å²) in [4.78, 5) is 32.5. The minimum Gasteiger partial charge on any atom is -0.480 e. The Labute approximate surface area is 236 Å². The van der Waals surface area contributed by atoms with E-state index in [9.17, 15) is 27.2 Å². The van der Waals surface area contributed by atoms with Crippen LogP contribution in [-0.2, 0) is 12.7 Å². The van der Waals surface area contributed by atoms with Gasteiger partial charge in [-0.15, -0.1) is 10.2 Å². The second-order valence-electron chi connectivity index (χ2n) is 9.43. The Bertz CT molecular complexity index is 1750. The molecule has 0 saturated carbocycles. The van der Waals surface area contributed by atoms with Crippen molar-refractivity contribution in [3.05, 3.63) is 97.9 Å². The molecule has 2 aromatic carbocycles. The Kier molecular flexibility index (Phi) is 8.42. The van der Waals surface area contributed by atoms with E-state index in [0.29, 0.717) is 26.6 Å². The molecule has 11 nitrogen and oxygen atoms in total. The molecule has 220 valence electrons. The number of nitrogens with one attached hydrogen (secondary N) is 1. The zero-order valence-electron chi connectivity index (χ0n) is 22.7. The van der Waals surface area contributed by atoms with Crippen LogP contribution < -0.4 is 32.4 Å². The van der Waals surface area contributed by atoms with Crippen molar-refractivity contribution in [3.8, 4) is 11.7 Å². The maximum absolute atomic E-state index is 14.9. The lowest BCUT2D eigenvalue weighted by Gasteiger charge is -2.19. The molecular formula is C27H27F4N8O3+. The van der Waals surface area contributed by atoms with Crippen molar-refractivity contribution in [1.82, 2.24) is 24.2 Å². The number of nitrogen functional groups attached to an aromatic ring is 2. The van der Waals surface area contributed by atoms with Crippen LogP contribution >= 0.6 is 0 Å². The molecular weight excluding hydrogens is 560 g/mol. The average Bonchev–Trinajstić information content (AvgIpc) is 2.92. The van der Waals surface area contributed by atoms with Gasteiger partial charge in [0.1, 0.15) is 17.2 Å². The summed E-state index contributed by atoms with van der Waals surface area (Å²) in [5.41, 5.74) is 8.87. The van der Waals surface area contributed by atoms with Crippen LogP contribution in [0.2, 0.25) is 0 Å². The molecule has 15 heteroatoms. The molecule has 4 rings (SSSR count). The second-order valence-corrected chi connectivity index (χ2v) is 9.43. The first-order chi connectivity index (χ1) is 19.8. The molecule has 2 heterocycles. The quantitative estimate of drug-likeness (QED) is 0.157. The van der Waals surface area contributed by atoms with Gasteiger partial charge in [0.05, 0.1) is 25.8 Å². The number of methoxy groups -OCH3 is 1. The first kappa shape index (κ1) is 29.9. The van der Waals surface area contributed by atoms with Crippen molar-refractivity contribution in [1.29, 1.82) is 0 Å². The molecule has 0 unspecified atom stereocenters. The Balaban J connectivity index is 2.07. The van der Waals surface area contributed by atoms with Gasteiger partial charge < -0.3 is 16.2 Å². The number of nitrogens with two attached hydrogens (primary N) is 2. The Hall–Kier alpha value is -5.05. The fourth-order valence-corrected chi connectivity index (χ4v) is 4.23. The van der Waals surface area contributed by atoms with Crippen LogP contribution in [0.3, 0.4) is 0 Å². The minimum atomic E-state index is -4.94. The van der Waals surface area contributed by atoms with Gasteiger partial charge in [0, 0.05) is 29.4 Å². The van der Waals surface area contributed by atoms with Crippen LogP contribution in [0.5, 0.6) is 5.88 Å². The summed E-state index contributed by atoms with van der Waals surface area (Å²) in [5, 5.41) is 7.66. The molecule has 0 aliphatic rings. The van der Waals surface area contributed by atoms with Gasteiger partial charge in [0.25, 0.3) is 5.56 Å². The summed E-state index contributed by atoms with van der Waals surface area (Å²) in [6.45, 7) is -0.871. The van der Waals surface area contributed by atoms with E-state index in [1.165, 1.54) is 19.2 Å². The summed E-state index contributed by atoms with van der Waals surface area (Å²) in [6, 6.07) is 11.5. The zero-order chi connectivity index (χ0) is 30.8. The van der Waals surface area contributed by atoms with E-state index in [0.717, 1.165) is 12.1 Å². The predicted molar refractivity (Wildman–Crippen MR) is 147 cm³/mol. The van der Waals surface area contributed by atoms with Gasteiger partial charge in [-0.2, -0.15) is 13.2 Å². The number of aromatic nitrogens is 4. The molecule has 0 saturated heterocycles. The molecule has 4 aromatic rings. The number of likely N-dealkylation sites (N-methyl/N-ethyl adjacent to an activating group) is 1. The Morgan fingerprint density at radius 2 is 1.71 bits per heavy atom. The van der Waals surface area contributed by atoms with Crippen molar-refractivity contribution in [2.75, 3.05) is 39.2 Å². The van der Waals surface area contributed by atoms with Gasteiger partial charge in [-0.05, 0) is 44.4 Å². The molecule has 2 aromatic heterocycles. The highest BCUT2D eigenvalue weighted by Gasteiger charge is 2.35. The van der Waals surface area contributed by atoms with E-state index in [1.807, 2.05) is 0 Å². The zero-order valence-corrected chi connectivity index (χ0v) is 22.7. The molecule has 0 amide bonds. The Morgan fingerprint density at radius 3 is 2.29 bits per heavy atom. The topological polar surface area (TPSA) is 148 Å². The van der Waals surface area contributed by atoms with Gasteiger partial charge in [0.2, 0.25) is 17.3 Å². The van der Waals surface area contributed by atoms with Crippen LogP contribution in [0.25, 0.3) is 5.82 Å². The first-order valence-electron chi connectivity index (χ1n) is 12.3. The summed E-state index contributed by atoms with van der Waals surface area (Å²) < 4.78 is 62.7. The number of hydrogen-bond acceptors (Lipinski definition) is 8.